The van der Waals surface area contributed by atoms with E-state index in [1.54, 1.807) is 11.8 Å². The van der Waals surface area contributed by atoms with Crippen molar-refractivity contribution in [3.05, 3.63) is 29.6 Å². The minimum absolute atomic E-state index is 0.0264. The smallest absolute Gasteiger partial charge is 0.261 e. The molecule has 21 heavy (non-hydrogen) atoms. The van der Waals surface area contributed by atoms with E-state index >= 15 is 0 Å². The molecule has 2 N–H and O–H groups in total. The van der Waals surface area contributed by atoms with E-state index in [1.165, 1.54) is 31.7 Å². The highest BCUT2D eigenvalue weighted by molar-refractivity contribution is 7.99. The zero-order valence-electron chi connectivity index (χ0n) is 11.3. The Labute approximate surface area is 125 Å². The van der Waals surface area contributed by atoms with Gasteiger partial charge in [-0.15, -0.1) is 0 Å². The number of thioether (sulfide) groups is 1. The molecule has 7 heteroatoms. The number of nitrogens with zero attached hydrogens (tertiary/aromatic N) is 2. The molecule has 1 aromatic carbocycles. The van der Waals surface area contributed by atoms with Gasteiger partial charge in [0, 0.05) is 11.3 Å². The number of benzene rings is 1. The molecular weight excluding hydrogens is 296 g/mol. The van der Waals surface area contributed by atoms with Crippen LogP contribution in [0.2, 0.25) is 0 Å². The van der Waals surface area contributed by atoms with Crippen molar-refractivity contribution in [3.8, 4) is 11.5 Å². The number of hydrogen-bond acceptors (Lipinski definition) is 5. The quantitative estimate of drug-likeness (QED) is 0.871. The van der Waals surface area contributed by atoms with Crippen LogP contribution in [0.4, 0.5) is 14.5 Å². The van der Waals surface area contributed by atoms with Crippen molar-refractivity contribution in [2.24, 2.45) is 0 Å². The van der Waals surface area contributed by atoms with Crippen molar-refractivity contribution in [3.63, 3.8) is 0 Å². The molecule has 4 nitrogen and oxygen atoms in total. The van der Waals surface area contributed by atoms with Crippen LogP contribution in [0.3, 0.4) is 0 Å². The lowest BCUT2D eigenvalue weighted by atomic mass is 10.2. The molecule has 0 saturated heterocycles. The summed E-state index contributed by atoms with van der Waals surface area (Å²) >= 11 is 1.79. The summed E-state index contributed by atoms with van der Waals surface area (Å²) in [5, 5.41) is 4.48. The number of rotatable bonds is 4. The van der Waals surface area contributed by atoms with Crippen LogP contribution in [0.25, 0.3) is 11.5 Å². The maximum atomic E-state index is 13.7. The van der Waals surface area contributed by atoms with E-state index in [0.717, 1.165) is 6.07 Å². The lowest BCUT2D eigenvalue weighted by molar-refractivity contribution is 0.422. The van der Waals surface area contributed by atoms with Gasteiger partial charge in [0.1, 0.15) is 11.6 Å². The zero-order valence-corrected chi connectivity index (χ0v) is 12.1. The van der Waals surface area contributed by atoms with E-state index in [-0.39, 0.29) is 17.1 Å². The maximum absolute atomic E-state index is 13.7. The number of halogens is 2. The molecule has 112 valence electrons. The molecular formula is C14H15F2N3OS. The van der Waals surface area contributed by atoms with E-state index < -0.39 is 11.6 Å². The van der Waals surface area contributed by atoms with Crippen LogP contribution in [0.15, 0.2) is 16.7 Å². The molecule has 1 aliphatic rings. The standard InChI is InChI=1S/C14H15F2N3OS/c15-10-6-11(16)12(17)5-9(10)14-18-13(19-20-14)7-21-8-3-1-2-4-8/h5-6,8H,1-4,7,17H2. The molecule has 2 aromatic rings. The Balaban J connectivity index is 1.73. The molecule has 1 fully saturated rings. The molecule has 0 aliphatic heterocycles. The van der Waals surface area contributed by atoms with Crippen LogP contribution < -0.4 is 5.73 Å². The van der Waals surface area contributed by atoms with Gasteiger partial charge in [0.25, 0.3) is 5.89 Å². The summed E-state index contributed by atoms with van der Waals surface area (Å²) in [6, 6.07) is 1.90. The van der Waals surface area contributed by atoms with E-state index in [2.05, 4.69) is 10.1 Å². The lowest BCUT2D eigenvalue weighted by Gasteiger charge is -2.04. The first-order chi connectivity index (χ1) is 10.1. The Hall–Kier alpha value is -1.63. The summed E-state index contributed by atoms with van der Waals surface area (Å²) in [6.07, 6.45) is 4.99. The SMILES string of the molecule is Nc1cc(-c2nc(CSC3CCCC3)no2)c(F)cc1F. The Morgan fingerprint density at radius 2 is 2.00 bits per heavy atom. The third kappa shape index (κ3) is 3.18. The highest BCUT2D eigenvalue weighted by Crippen LogP contribution is 2.32. The molecule has 0 radical (unpaired) electrons. The van der Waals surface area contributed by atoms with E-state index in [9.17, 15) is 8.78 Å². The van der Waals surface area contributed by atoms with Crippen LogP contribution >= 0.6 is 11.8 Å². The summed E-state index contributed by atoms with van der Waals surface area (Å²) in [5.41, 5.74) is 5.32. The van der Waals surface area contributed by atoms with E-state index in [4.69, 9.17) is 10.3 Å². The van der Waals surface area contributed by atoms with Crippen molar-refractivity contribution in [1.82, 2.24) is 10.1 Å². The topological polar surface area (TPSA) is 64.9 Å². The van der Waals surface area contributed by atoms with Gasteiger partial charge in [-0.05, 0) is 18.9 Å². The van der Waals surface area contributed by atoms with Gasteiger partial charge in [-0.1, -0.05) is 18.0 Å². The van der Waals surface area contributed by atoms with Gasteiger partial charge in [0.05, 0.1) is 17.0 Å². The highest BCUT2D eigenvalue weighted by Gasteiger charge is 2.19. The molecule has 1 heterocycles. The largest absolute Gasteiger partial charge is 0.396 e. The number of hydrogen-bond donors (Lipinski definition) is 1. The van der Waals surface area contributed by atoms with Crippen molar-refractivity contribution in [1.29, 1.82) is 0 Å². The minimum atomic E-state index is -0.798. The zero-order chi connectivity index (χ0) is 14.8. The number of nitrogen functional groups attached to an aromatic ring is 1. The average molecular weight is 311 g/mol. The second kappa shape index (κ2) is 6.01. The van der Waals surface area contributed by atoms with Gasteiger partial charge in [-0.25, -0.2) is 8.78 Å². The van der Waals surface area contributed by atoms with Crippen molar-refractivity contribution in [2.75, 3.05) is 5.73 Å². The van der Waals surface area contributed by atoms with Gasteiger partial charge in [0.2, 0.25) is 0 Å². The fourth-order valence-corrected chi connectivity index (χ4v) is 3.57. The lowest BCUT2D eigenvalue weighted by Crippen LogP contribution is -1.96. The number of anilines is 1. The average Bonchev–Trinajstić information content (AvgIpc) is 3.11. The van der Waals surface area contributed by atoms with E-state index in [0.29, 0.717) is 16.8 Å². The first kappa shape index (κ1) is 14.3. The summed E-state index contributed by atoms with van der Waals surface area (Å²) in [6.45, 7) is 0. The summed E-state index contributed by atoms with van der Waals surface area (Å²) in [7, 11) is 0. The molecule has 3 rings (SSSR count). The molecule has 1 aliphatic carbocycles. The number of aromatic nitrogens is 2. The van der Waals surface area contributed by atoms with Crippen LogP contribution in [0.1, 0.15) is 31.5 Å². The molecule has 0 unspecified atom stereocenters. The Morgan fingerprint density at radius 3 is 2.76 bits per heavy atom. The molecule has 0 atom stereocenters. The first-order valence-corrected chi connectivity index (χ1v) is 7.87. The second-order valence-electron chi connectivity index (χ2n) is 5.09. The van der Waals surface area contributed by atoms with E-state index in [1.807, 2.05) is 0 Å². The molecule has 0 amide bonds. The van der Waals surface area contributed by atoms with Gasteiger partial charge in [-0.2, -0.15) is 16.7 Å². The van der Waals surface area contributed by atoms with Crippen molar-refractivity contribution < 1.29 is 13.3 Å². The summed E-state index contributed by atoms with van der Waals surface area (Å²) in [4.78, 5) is 4.16. The molecule has 1 saturated carbocycles. The maximum Gasteiger partial charge on any atom is 0.261 e. The van der Waals surface area contributed by atoms with Crippen molar-refractivity contribution in [2.45, 2.75) is 36.7 Å². The van der Waals surface area contributed by atoms with Crippen LogP contribution in [0.5, 0.6) is 0 Å². The minimum Gasteiger partial charge on any atom is -0.396 e. The molecule has 0 spiro atoms. The second-order valence-corrected chi connectivity index (χ2v) is 6.38. The van der Waals surface area contributed by atoms with Gasteiger partial charge < -0.3 is 10.3 Å². The fourth-order valence-electron chi connectivity index (χ4n) is 2.40. The Morgan fingerprint density at radius 1 is 1.24 bits per heavy atom. The van der Waals surface area contributed by atoms with Gasteiger partial charge >= 0.3 is 0 Å². The Kier molecular flexibility index (Phi) is 4.10. The third-order valence-electron chi connectivity index (χ3n) is 3.54. The van der Waals surface area contributed by atoms with Crippen LogP contribution in [-0.4, -0.2) is 15.4 Å². The van der Waals surface area contributed by atoms with Crippen molar-refractivity contribution >= 4 is 17.4 Å². The van der Waals surface area contributed by atoms with Crippen LogP contribution in [-0.2, 0) is 5.75 Å². The number of nitrogens with two attached hydrogens (primary N) is 1. The highest BCUT2D eigenvalue weighted by atomic mass is 32.2. The van der Waals surface area contributed by atoms with Crippen LogP contribution in [0, 0.1) is 11.6 Å². The predicted octanol–water partition coefficient (Wildman–Crippen LogP) is 3.77. The fraction of sp³-hybridized carbons (Fsp3) is 0.429. The van der Waals surface area contributed by atoms with Gasteiger partial charge in [0.15, 0.2) is 5.82 Å². The predicted molar refractivity (Wildman–Crippen MR) is 77.6 cm³/mol. The molecule has 1 aromatic heterocycles. The summed E-state index contributed by atoms with van der Waals surface area (Å²) in [5.74, 6) is -0.384. The Bertz CT molecular complexity index is 641. The monoisotopic (exact) mass is 311 g/mol. The van der Waals surface area contributed by atoms with Gasteiger partial charge in [-0.3, -0.25) is 0 Å². The normalized spacial score (nSPS) is 15.7. The molecule has 0 bridgehead atoms. The first-order valence-electron chi connectivity index (χ1n) is 6.82. The third-order valence-corrected chi connectivity index (χ3v) is 4.90. The summed E-state index contributed by atoms with van der Waals surface area (Å²) < 4.78 is 31.9.